The highest BCUT2D eigenvalue weighted by Gasteiger charge is 2.24. The van der Waals surface area contributed by atoms with Crippen molar-refractivity contribution in [3.05, 3.63) is 0 Å². The molecule has 0 atom stereocenters. The summed E-state index contributed by atoms with van der Waals surface area (Å²) in [4.78, 5) is 23.8. The average molecular weight is 372 g/mol. The molecule has 0 aromatic heterocycles. The molecule has 0 aromatic carbocycles. The van der Waals surface area contributed by atoms with Gasteiger partial charge in [0.15, 0.2) is 0 Å². The maximum absolute atomic E-state index is 12.0. The van der Waals surface area contributed by atoms with Gasteiger partial charge in [-0.15, -0.1) is 0 Å². The Labute approximate surface area is 158 Å². The van der Waals surface area contributed by atoms with Crippen LogP contribution < -0.4 is 5.32 Å². The van der Waals surface area contributed by atoms with Crippen LogP contribution in [-0.2, 0) is 23.8 Å². The van der Waals surface area contributed by atoms with Gasteiger partial charge in [-0.3, -0.25) is 9.59 Å². The first-order chi connectivity index (χ1) is 12.5. The standard InChI is InChI=1S/C20H37NO5/c1-4-24-11-12-26-14-13-25-10-9-20(23)21-18-7-5-17(6-8-18)15-19(22)16(2)3/h16-18H,4-15H2,1-3H3,(H,21,23). The van der Waals surface area contributed by atoms with Crippen LogP contribution in [-0.4, -0.2) is 57.4 Å². The maximum Gasteiger partial charge on any atom is 0.222 e. The van der Waals surface area contributed by atoms with E-state index in [1.807, 2.05) is 20.8 Å². The lowest BCUT2D eigenvalue weighted by atomic mass is 9.82. The first-order valence-corrected chi connectivity index (χ1v) is 10.1. The molecule has 26 heavy (non-hydrogen) atoms. The van der Waals surface area contributed by atoms with E-state index in [2.05, 4.69) is 5.32 Å². The summed E-state index contributed by atoms with van der Waals surface area (Å²) in [6, 6.07) is 0.245. The van der Waals surface area contributed by atoms with Crippen molar-refractivity contribution < 1.29 is 23.8 Å². The van der Waals surface area contributed by atoms with Crippen molar-refractivity contribution in [3.63, 3.8) is 0 Å². The van der Waals surface area contributed by atoms with Crippen LogP contribution in [0.4, 0.5) is 0 Å². The molecule has 0 bridgehead atoms. The van der Waals surface area contributed by atoms with Gasteiger partial charge in [0.05, 0.1) is 33.0 Å². The number of hydrogen-bond donors (Lipinski definition) is 1. The fourth-order valence-electron chi connectivity index (χ4n) is 3.08. The molecule has 1 aliphatic rings. The zero-order valence-corrected chi connectivity index (χ0v) is 16.8. The highest BCUT2D eigenvalue weighted by atomic mass is 16.5. The number of carbonyl (C=O) groups excluding carboxylic acids is 2. The van der Waals surface area contributed by atoms with Crippen molar-refractivity contribution >= 4 is 11.7 Å². The molecule has 1 saturated carbocycles. The van der Waals surface area contributed by atoms with Gasteiger partial charge in [0.25, 0.3) is 0 Å². The molecule has 0 spiro atoms. The second kappa shape index (κ2) is 14.1. The van der Waals surface area contributed by atoms with E-state index in [0.29, 0.717) is 64.2 Å². The van der Waals surface area contributed by atoms with Crippen LogP contribution in [0.25, 0.3) is 0 Å². The molecule has 6 heteroatoms. The predicted molar refractivity (Wildman–Crippen MR) is 101 cm³/mol. The molecule has 0 unspecified atom stereocenters. The SMILES string of the molecule is CCOCCOCCOCCC(=O)NC1CCC(CC(=O)C(C)C)CC1. The molecule has 0 heterocycles. The van der Waals surface area contributed by atoms with Gasteiger partial charge in [0, 0.05) is 31.4 Å². The van der Waals surface area contributed by atoms with E-state index in [9.17, 15) is 9.59 Å². The van der Waals surface area contributed by atoms with Gasteiger partial charge in [-0.2, -0.15) is 0 Å². The van der Waals surface area contributed by atoms with Crippen LogP contribution in [0, 0.1) is 11.8 Å². The highest BCUT2D eigenvalue weighted by molar-refractivity contribution is 5.80. The van der Waals surface area contributed by atoms with Crippen LogP contribution in [0.3, 0.4) is 0 Å². The van der Waals surface area contributed by atoms with Gasteiger partial charge < -0.3 is 19.5 Å². The maximum atomic E-state index is 12.0. The second-order valence-electron chi connectivity index (χ2n) is 7.28. The third-order valence-electron chi connectivity index (χ3n) is 4.77. The van der Waals surface area contributed by atoms with Gasteiger partial charge in [0.2, 0.25) is 5.91 Å². The zero-order valence-electron chi connectivity index (χ0n) is 16.8. The van der Waals surface area contributed by atoms with E-state index in [0.717, 1.165) is 25.7 Å². The van der Waals surface area contributed by atoms with Crippen LogP contribution in [0.15, 0.2) is 0 Å². The van der Waals surface area contributed by atoms with Crippen LogP contribution in [0.5, 0.6) is 0 Å². The first-order valence-electron chi connectivity index (χ1n) is 10.1. The number of ketones is 1. The van der Waals surface area contributed by atoms with Crippen molar-refractivity contribution in [2.45, 2.75) is 65.3 Å². The fourth-order valence-corrected chi connectivity index (χ4v) is 3.08. The Hall–Kier alpha value is -0.980. The minimum absolute atomic E-state index is 0.0453. The molecule has 1 aliphatic carbocycles. The van der Waals surface area contributed by atoms with Crippen molar-refractivity contribution in [1.82, 2.24) is 5.32 Å². The first kappa shape index (κ1) is 23.1. The lowest BCUT2D eigenvalue weighted by Gasteiger charge is -2.29. The highest BCUT2D eigenvalue weighted by Crippen LogP contribution is 2.28. The quantitative estimate of drug-likeness (QED) is 0.475. The number of ether oxygens (including phenoxy) is 3. The topological polar surface area (TPSA) is 73.9 Å². The molecule has 1 N–H and O–H groups in total. The number of carbonyl (C=O) groups is 2. The molecule has 0 radical (unpaired) electrons. The summed E-state index contributed by atoms with van der Waals surface area (Å²) < 4.78 is 15.9. The lowest BCUT2D eigenvalue weighted by Crippen LogP contribution is -2.38. The minimum Gasteiger partial charge on any atom is -0.379 e. The largest absolute Gasteiger partial charge is 0.379 e. The Kier molecular flexibility index (Phi) is 12.5. The van der Waals surface area contributed by atoms with Gasteiger partial charge in [-0.1, -0.05) is 13.8 Å². The summed E-state index contributed by atoms with van der Waals surface area (Å²) in [5.41, 5.74) is 0. The molecular formula is C20H37NO5. The molecular weight excluding hydrogens is 334 g/mol. The predicted octanol–water partition coefficient (Wildman–Crippen LogP) is 2.74. The summed E-state index contributed by atoms with van der Waals surface area (Å²) >= 11 is 0. The summed E-state index contributed by atoms with van der Waals surface area (Å²) in [5.74, 6) is 1.02. The summed E-state index contributed by atoms with van der Waals surface area (Å²) in [5, 5.41) is 3.09. The Morgan fingerprint density at radius 2 is 1.50 bits per heavy atom. The molecule has 1 rings (SSSR count). The Bertz CT molecular complexity index is 392. The normalized spacial score (nSPS) is 20.3. The number of nitrogens with one attached hydrogen (secondary N) is 1. The third kappa shape index (κ3) is 10.9. The van der Waals surface area contributed by atoms with Crippen LogP contribution >= 0.6 is 0 Å². The Balaban J connectivity index is 1.99. The Morgan fingerprint density at radius 1 is 0.923 bits per heavy atom. The van der Waals surface area contributed by atoms with Crippen LogP contribution in [0.1, 0.15) is 59.3 Å². The summed E-state index contributed by atoms with van der Waals surface area (Å²) in [7, 11) is 0. The van der Waals surface area contributed by atoms with Gasteiger partial charge in [0.1, 0.15) is 5.78 Å². The van der Waals surface area contributed by atoms with E-state index in [1.54, 1.807) is 0 Å². The van der Waals surface area contributed by atoms with Crippen LogP contribution in [0.2, 0.25) is 0 Å². The van der Waals surface area contributed by atoms with Gasteiger partial charge >= 0.3 is 0 Å². The molecule has 152 valence electrons. The summed E-state index contributed by atoms with van der Waals surface area (Å²) in [6.07, 6.45) is 5.06. The number of amides is 1. The Morgan fingerprint density at radius 3 is 2.08 bits per heavy atom. The smallest absolute Gasteiger partial charge is 0.222 e. The minimum atomic E-state index is 0.0453. The molecule has 0 aromatic rings. The number of hydrogen-bond acceptors (Lipinski definition) is 5. The molecule has 0 aliphatic heterocycles. The molecule has 0 saturated heterocycles. The monoisotopic (exact) mass is 371 g/mol. The van der Waals surface area contributed by atoms with E-state index in [1.165, 1.54) is 0 Å². The molecule has 1 fully saturated rings. The third-order valence-corrected chi connectivity index (χ3v) is 4.77. The van der Waals surface area contributed by atoms with Crippen molar-refractivity contribution in [2.24, 2.45) is 11.8 Å². The van der Waals surface area contributed by atoms with Gasteiger partial charge in [-0.05, 0) is 38.5 Å². The van der Waals surface area contributed by atoms with Gasteiger partial charge in [-0.25, -0.2) is 0 Å². The van der Waals surface area contributed by atoms with Crippen molar-refractivity contribution in [2.75, 3.05) is 39.6 Å². The van der Waals surface area contributed by atoms with E-state index in [-0.39, 0.29) is 17.9 Å². The lowest BCUT2D eigenvalue weighted by molar-refractivity contribution is -0.124. The van der Waals surface area contributed by atoms with E-state index >= 15 is 0 Å². The van der Waals surface area contributed by atoms with Crippen molar-refractivity contribution in [3.8, 4) is 0 Å². The molecule has 1 amide bonds. The fraction of sp³-hybridized carbons (Fsp3) is 0.900. The molecule has 6 nitrogen and oxygen atoms in total. The van der Waals surface area contributed by atoms with E-state index in [4.69, 9.17) is 14.2 Å². The summed E-state index contributed by atoms with van der Waals surface area (Å²) in [6.45, 7) is 9.18. The number of rotatable bonds is 14. The average Bonchev–Trinajstić information content (AvgIpc) is 2.62. The zero-order chi connectivity index (χ0) is 19.2. The van der Waals surface area contributed by atoms with Crippen molar-refractivity contribution in [1.29, 1.82) is 0 Å². The number of Topliss-reactive ketones (excluding diaryl/α,β-unsaturated/α-hetero) is 1. The second-order valence-corrected chi connectivity index (χ2v) is 7.28. The van der Waals surface area contributed by atoms with E-state index < -0.39 is 0 Å².